The minimum absolute atomic E-state index is 0.0734. The van der Waals surface area contributed by atoms with E-state index in [4.69, 9.17) is 19.9 Å². The third-order valence-electron chi connectivity index (χ3n) is 5.92. The Kier molecular flexibility index (Phi) is 14.7. The fourth-order valence-electron chi connectivity index (χ4n) is 4.29. The number of esters is 3. The van der Waals surface area contributed by atoms with E-state index in [1.807, 2.05) is 56.2 Å². The molecule has 1 heterocycles. The molecule has 1 aliphatic heterocycles. The van der Waals surface area contributed by atoms with Crippen molar-refractivity contribution < 1.29 is 33.4 Å². The highest BCUT2D eigenvalue weighted by Crippen LogP contribution is 2.17. The molecular formula is C29H55N5O7. The summed E-state index contributed by atoms with van der Waals surface area (Å²) in [6.45, 7) is 20.1. The summed E-state index contributed by atoms with van der Waals surface area (Å²) in [6, 6.07) is -0.692. The van der Waals surface area contributed by atoms with E-state index in [1.54, 1.807) is 20.8 Å². The lowest BCUT2D eigenvalue weighted by Gasteiger charge is -2.33. The fourth-order valence-corrected chi connectivity index (χ4v) is 4.29. The first-order chi connectivity index (χ1) is 18.8. The van der Waals surface area contributed by atoms with E-state index in [0.717, 1.165) is 0 Å². The first-order valence-corrected chi connectivity index (χ1v) is 14.6. The number of ether oxygens (including phenoxy) is 3. The number of nitrogens with zero attached hydrogens (tertiary/aromatic N) is 3. The highest BCUT2D eigenvalue weighted by Gasteiger charge is 2.33. The molecule has 0 aromatic rings. The van der Waals surface area contributed by atoms with Gasteiger partial charge in [-0.1, -0.05) is 0 Å². The quantitative estimate of drug-likeness (QED) is 0.266. The van der Waals surface area contributed by atoms with Gasteiger partial charge in [0.1, 0.15) is 22.8 Å². The number of hydrogen-bond donors (Lipinski definition) is 2. The lowest BCUT2D eigenvalue weighted by atomic mass is 10.1. The highest BCUT2D eigenvalue weighted by molar-refractivity contribution is 5.79. The summed E-state index contributed by atoms with van der Waals surface area (Å²) < 4.78 is 16.8. The van der Waals surface area contributed by atoms with Gasteiger partial charge in [-0.05, 0) is 68.7 Å². The zero-order valence-electron chi connectivity index (χ0n) is 26.8. The molecule has 1 amide bonds. The standard InChI is InChI=1S/C29H55N5O7/c1-27(2,3)39-24(36)20-32-14-15-33(21-25(37)40-28(4,5)6)17-19-34(18-16-32)22(26(38)41-29(7,8)9)10-11-23(35)31-13-12-30/h22H,10-21,30H2,1-9H3,(H,31,35). The SMILES string of the molecule is CC(C)(C)OC(=O)CN1CCN(CC(=O)OC(C)(C)C)CCN(C(CCC(=O)NCCN)C(=O)OC(C)(C)C)CC1. The smallest absolute Gasteiger partial charge is 0.323 e. The molecule has 1 atom stereocenters. The number of amides is 1. The molecule has 12 nitrogen and oxygen atoms in total. The highest BCUT2D eigenvalue weighted by atomic mass is 16.6. The molecule has 1 rings (SSSR count). The normalized spacial score (nSPS) is 17.5. The second-order valence-electron chi connectivity index (χ2n) is 13.5. The third-order valence-corrected chi connectivity index (χ3v) is 5.92. The molecule has 1 fully saturated rings. The van der Waals surface area contributed by atoms with E-state index in [2.05, 4.69) is 5.32 Å². The summed E-state index contributed by atoms with van der Waals surface area (Å²) in [4.78, 5) is 57.1. The van der Waals surface area contributed by atoms with Crippen molar-refractivity contribution in [3.63, 3.8) is 0 Å². The Morgan fingerprint density at radius 2 is 1.12 bits per heavy atom. The molecule has 0 radical (unpaired) electrons. The van der Waals surface area contributed by atoms with Crippen LogP contribution in [0.15, 0.2) is 0 Å². The minimum atomic E-state index is -0.706. The molecule has 12 heteroatoms. The van der Waals surface area contributed by atoms with Crippen LogP contribution in [-0.4, -0.2) is 127 Å². The van der Waals surface area contributed by atoms with E-state index in [9.17, 15) is 19.2 Å². The van der Waals surface area contributed by atoms with Crippen LogP contribution in [0.25, 0.3) is 0 Å². The molecule has 41 heavy (non-hydrogen) atoms. The van der Waals surface area contributed by atoms with Gasteiger partial charge in [-0.2, -0.15) is 0 Å². The van der Waals surface area contributed by atoms with E-state index < -0.39 is 28.8 Å². The van der Waals surface area contributed by atoms with Crippen LogP contribution in [0.3, 0.4) is 0 Å². The summed E-state index contributed by atoms with van der Waals surface area (Å²) in [6.07, 6.45) is 0.382. The monoisotopic (exact) mass is 585 g/mol. The van der Waals surface area contributed by atoms with Crippen molar-refractivity contribution in [1.29, 1.82) is 0 Å². The Morgan fingerprint density at radius 1 is 0.707 bits per heavy atom. The summed E-state index contributed by atoms with van der Waals surface area (Å²) in [5.41, 5.74) is 3.57. The number of rotatable bonds is 11. The molecule has 1 saturated heterocycles. The van der Waals surface area contributed by atoms with Crippen molar-refractivity contribution in [2.45, 2.75) is 98.0 Å². The summed E-state index contributed by atoms with van der Waals surface area (Å²) >= 11 is 0. The third kappa shape index (κ3) is 17.3. The van der Waals surface area contributed by atoms with Crippen molar-refractivity contribution in [3.05, 3.63) is 0 Å². The summed E-state index contributed by atoms with van der Waals surface area (Å²) in [7, 11) is 0. The van der Waals surface area contributed by atoms with Gasteiger partial charge in [0.2, 0.25) is 5.91 Å². The zero-order valence-corrected chi connectivity index (χ0v) is 26.8. The van der Waals surface area contributed by atoms with Gasteiger partial charge in [-0.3, -0.25) is 33.9 Å². The van der Waals surface area contributed by atoms with Gasteiger partial charge in [-0.15, -0.1) is 0 Å². The second-order valence-corrected chi connectivity index (χ2v) is 13.5. The molecule has 0 spiro atoms. The van der Waals surface area contributed by atoms with Crippen LogP contribution in [0.5, 0.6) is 0 Å². The van der Waals surface area contributed by atoms with Crippen molar-refractivity contribution in [2.24, 2.45) is 5.73 Å². The Labute approximate surface area is 246 Å². The van der Waals surface area contributed by atoms with Gasteiger partial charge in [0.05, 0.1) is 13.1 Å². The van der Waals surface area contributed by atoms with Crippen LogP contribution < -0.4 is 11.1 Å². The number of carbonyl (C=O) groups excluding carboxylic acids is 4. The van der Waals surface area contributed by atoms with Crippen LogP contribution in [0.2, 0.25) is 0 Å². The number of carbonyl (C=O) groups is 4. The lowest BCUT2D eigenvalue weighted by Crippen LogP contribution is -2.49. The van der Waals surface area contributed by atoms with Gasteiger partial charge < -0.3 is 25.3 Å². The van der Waals surface area contributed by atoms with E-state index >= 15 is 0 Å². The number of hydrogen-bond acceptors (Lipinski definition) is 11. The van der Waals surface area contributed by atoms with Crippen LogP contribution in [-0.2, 0) is 33.4 Å². The Hall–Kier alpha value is -2.28. The maximum absolute atomic E-state index is 13.4. The van der Waals surface area contributed by atoms with Crippen molar-refractivity contribution >= 4 is 23.8 Å². The molecule has 3 N–H and O–H groups in total. The molecule has 1 aliphatic rings. The van der Waals surface area contributed by atoms with Crippen LogP contribution in [0.4, 0.5) is 0 Å². The van der Waals surface area contributed by atoms with Crippen molar-refractivity contribution in [1.82, 2.24) is 20.0 Å². The zero-order chi connectivity index (χ0) is 31.4. The molecule has 0 aromatic heterocycles. The molecule has 238 valence electrons. The minimum Gasteiger partial charge on any atom is -0.459 e. The number of nitrogens with one attached hydrogen (secondary N) is 1. The summed E-state index contributed by atoms with van der Waals surface area (Å²) in [5.74, 6) is -1.29. The molecule has 0 aromatic carbocycles. The van der Waals surface area contributed by atoms with Gasteiger partial charge >= 0.3 is 17.9 Å². The van der Waals surface area contributed by atoms with Gasteiger partial charge in [0, 0.05) is 58.8 Å². The maximum atomic E-state index is 13.4. The van der Waals surface area contributed by atoms with Crippen LogP contribution in [0.1, 0.15) is 75.2 Å². The van der Waals surface area contributed by atoms with E-state index in [1.165, 1.54) is 0 Å². The summed E-state index contributed by atoms with van der Waals surface area (Å²) in [5, 5.41) is 2.75. The molecule has 0 bridgehead atoms. The number of nitrogens with two attached hydrogens (primary N) is 1. The predicted octanol–water partition coefficient (Wildman–Crippen LogP) is 1.15. The van der Waals surface area contributed by atoms with Gasteiger partial charge in [0.25, 0.3) is 0 Å². The van der Waals surface area contributed by atoms with E-state index in [0.29, 0.717) is 52.4 Å². The topological polar surface area (TPSA) is 144 Å². The Morgan fingerprint density at radius 3 is 1.51 bits per heavy atom. The van der Waals surface area contributed by atoms with Crippen molar-refractivity contribution in [2.75, 3.05) is 65.4 Å². The average Bonchev–Trinajstić information content (AvgIpc) is 2.86. The van der Waals surface area contributed by atoms with Gasteiger partial charge in [-0.25, -0.2) is 0 Å². The molecule has 1 unspecified atom stereocenters. The fraction of sp³-hybridized carbons (Fsp3) is 0.862. The van der Waals surface area contributed by atoms with Crippen LogP contribution >= 0.6 is 0 Å². The predicted molar refractivity (Wildman–Crippen MR) is 157 cm³/mol. The van der Waals surface area contributed by atoms with Gasteiger partial charge in [0.15, 0.2) is 0 Å². The molecular weight excluding hydrogens is 530 g/mol. The van der Waals surface area contributed by atoms with Crippen molar-refractivity contribution in [3.8, 4) is 0 Å². The maximum Gasteiger partial charge on any atom is 0.323 e. The molecule has 0 saturated carbocycles. The first kappa shape index (κ1) is 36.7. The largest absolute Gasteiger partial charge is 0.459 e. The first-order valence-electron chi connectivity index (χ1n) is 14.6. The average molecular weight is 586 g/mol. The lowest BCUT2D eigenvalue weighted by molar-refractivity contribution is -0.163. The second kappa shape index (κ2) is 16.4. The van der Waals surface area contributed by atoms with E-state index in [-0.39, 0.29) is 43.8 Å². The Bertz CT molecular complexity index is 819. The Balaban J connectivity index is 3.21. The van der Waals surface area contributed by atoms with Crippen LogP contribution in [0, 0.1) is 0 Å². The molecule has 0 aliphatic carbocycles.